The molecular formula is C14H20OS. The average Bonchev–Trinajstić information content (AvgIpc) is 2.33. The van der Waals surface area contributed by atoms with Crippen molar-refractivity contribution in [1.29, 1.82) is 0 Å². The summed E-state index contributed by atoms with van der Waals surface area (Å²) in [5.74, 6) is 1.73. The van der Waals surface area contributed by atoms with E-state index in [0.717, 1.165) is 24.5 Å². The lowest BCUT2D eigenvalue weighted by molar-refractivity contribution is 0.306. The fraction of sp³-hybridized carbons (Fsp3) is 0.429. The summed E-state index contributed by atoms with van der Waals surface area (Å²) in [7, 11) is 0. The predicted molar refractivity (Wildman–Crippen MR) is 74.3 cm³/mol. The molecule has 0 aliphatic carbocycles. The van der Waals surface area contributed by atoms with E-state index in [2.05, 4.69) is 37.8 Å². The van der Waals surface area contributed by atoms with Crippen LogP contribution in [0.15, 0.2) is 30.3 Å². The summed E-state index contributed by atoms with van der Waals surface area (Å²) in [6.07, 6.45) is 7.70. The third kappa shape index (κ3) is 5.26. The van der Waals surface area contributed by atoms with Gasteiger partial charge in [0, 0.05) is 5.75 Å². The Morgan fingerprint density at radius 2 is 1.94 bits per heavy atom. The van der Waals surface area contributed by atoms with Gasteiger partial charge in [-0.05, 0) is 24.1 Å². The smallest absolute Gasteiger partial charge is 0.119 e. The third-order valence-electron chi connectivity index (χ3n) is 2.31. The SMILES string of the molecule is CCCCCOc1ccc(C=CCS)cc1. The highest BCUT2D eigenvalue weighted by Crippen LogP contribution is 2.13. The van der Waals surface area contributed by atoms with Gasteiger partial charge in [-0.1, -0.05) is 44.1 Å². The zero-order valence-electron chi connectivity index (χ0n) is 9.86. The first-order valence-corrected chi connectivity index (χ1v) is 6.50. The van der Waals surface area contributed by atoms with Crippen LogP contribution in [0, 0.1) is 0 Å². The van der Waals surface area contributed by atoms with Crippen LogP contribution in [0.3, 0.4) is 0 Å². The molecule has 0 saturated heterocycles. The number of benzene rings is 1. The molecule has 0 N–H and O–H groups in total. The van der Waals surface area contributed by atoms with Gasteiger partial charge in [0.05, 0.1) is 6.61 Å². The Kier molecular flexibility index (Phi) is 6.82. The van der Waals surface area contributed by atoms with E-state index in [1.54, 1.807) is 0 Å². The van der Waals surface area contributed by atoms with Gasteiger partial charge >= 0.3 is 0 Å². The Hall–Kier alpha value is -0.890. The summed E-state index contributed by atoms with van der Waals surface area (Å²) in [6, 6.07) is 8.17. The molecule has 16 heavy (non-hydrogen) atoms. The number of rotatable bonds is 7. The molecule has 0 unspecified atom stereocenters. The topological polar surface area (TPSA) is 9.23 Å². The molecule has 0 saturated carbocycles. The van der Waals surface area contributed by atoms with E-state index in [4.69, 9.17) is 4.74 Å². The Morgan fingerprint density at radius 3 is 2.56 bits per heavy atom. The summed E-state index contributed by atoms with van der Waals surface area (Å²) in [5.41, 5.74) is 1.19. The van der Waals surface area contributed by atoms with E-state index in [-0.39, 0.29) is 0 Å². The van der Waals surface area contributed by atoms with E-state index in [0.29, 0.717) is 0 Å². The highest BCUT2D eigenvalue weighted by atomic mass is 32.1. The van der Waals surface area contributed by atoms with Crippen molar-refractivity contribution in [3.63, 3.8) is 0 Å². The van der Waals surface area contributed by atoms with Gasteiger partial charge in [-0.15, -0.1) is 0 Å². The average molecular weight is 236 g/mol. The highest BCUT2D eigenvalue weighted by molar-refractivity contribution is 7.80. The van der Waals surface area contributed by atoms with Crippen LogP contribution in [0.4, 0.5) is 0 Å². The Bertz CT molecular complexity index is 303. The number of hydrogen-bond acceptors (Lipinski definition) is 2. The number of unbranched alkanes of at least 4 members (excludes halogenated alkanes) is 2. The van der Waals surface area contributed by atoms with Gasteiger partial charge in [-0.2, -0.15) is 12.6 Å². The van der Waals surface area contributed by atoms with Crippen molar-refractivity contribution in [3.05, 3.63) is 35.9 Å². The number of hydrogen-bond donors (Lipinski definition) is 1. The molecule has 0 atom stereocenters. The van der Waals surface area contributed by atoms with Gasteiger partial charge in [-0.3, -0.25) is 0 Å². The Labute approximate surface area is 104 Å². The van der Waals surface area contributed by atoms with Crippen molar-refractivity contribution in [2.45, 2.75) is 26.2 Å². The van der Waals surface area contributed by atoms with Gasteiger partial charge in [0.25, 0.3) is 0 Å². The predicted octanol–water partition coefficient (Wildman–Crippen LogP) is 4.20. The first kappa shape index (κ1) is 13.2. The van der Waals surface area contributed by atoms with E-state index in [1.807, 2.05) is 18.2 Å². The minimum absolute atomic E-state index is 0.773. The normalized spacial score (nSPS) is 10.9. The highest BCUT2D eigenvalue weighted by Gasteiger charge is 1.93. The molecule has 2 heteroatoms. The summed E-state index contributed by atoms with van der Waals surface area (Å²) < 4.78 is 5.63. The second-order valence-electron chi connectivity index (χ2n) is 3.71. The first-order chi connectivity index (χ1) is 7.86. The maximum atomic E-state index is 5.63. The largest absolute Gasteiger partial charge is 0.494 e. The van der Waals surface area contributed by atoms with Crippen molar-refractivity contribution < 1.29 is 4.74 Å². The van der Waals surface area contributed by atoms with Gasteiger partial charge in [0.2, 0.25) is 0 Å². The van der Waals surface area contributed by atoms with E-state index < -0.39 is 0 Å². The maximum Gasteiger partial charge on any atom is 0.119 e. The fourth-order valence-electron chi connectivity index (χ4n) is 1.41. The van der Waals surface area contributed by atoms with Crippen LogP contribution in [0.25, 0.3) is 6.08 Å². The number of ether oxygens (including phenoxy) is 1. The summed E-state index contributed by atoms with van der Waals surface area (Å²) in [4.78, 5) is 0. The molecule has 0 aliphatic heterocycles. The molecule has 1 aromatic carbocycles. The molecule has 0 amide bonds. The molecule has 0 heterocycles. The van der Waals surface area contributed by atoms with Gasteiger partial charge in [0.1, 0.15) is 5.75 Å². The van der Waals surface area contributed by atoms with Gasteiger partial charge in [-0.25, -0.2) is 0 Å². The molecule has 0 fully saturated rings. The van der Waals surface area contributed by atoms with Crippen LogP contribution in [-0.4, -0.2) is 12.4 Å². The van der Waals surface area contributed by atoms with Crippen LogP contribution in [0.5, 0.6) is 5.75 Å². The molecule has 0 radical (unpaired) electrons. The Morgan fingerprint density at radius 1 is 1.19 bits per heavy atom. The summed E-state index contributed by atoms with van der Waals surface area (Å²) in [6.45, 7) is 3.02. The lowest BCUT2D eigenvalue weighted by Gasteiger charge is -2.05. The second kappa shape index (κ2) is 8.28. The second-order valence-corrected chi connectivity index (χ2v) is 4.07. The molecule has 0 spiro atoms. The fourth-order valence-corrected chi connectivity index (χ4v) is 1.51. The molecule has 88 valence electrons. The zero-order valence-corrected chi connectivity index (χ0v) is 10.7. The standard InChI is InChI=1S/C14H20OS/c1-2-3-4-11-15-14-9-7-13(8-10-14)6-5-12-16/h5-10,16H,2-4,11-12H2,1H3. The van der Waals surface area contributed by atoms with Crippen LogP contribution < -0.4 is 4.74 Å². The molecule has 1 aromatic rings. The molecule has 0 bridgehead atoms. The number of thiol groups is 1. The molecule has 1 rings (SSSR count). The van der Waals surface area contributed by atoms with Crippen LogP contribution in [0.1, 0.15) is 31.7 Å². The van der Waals surface area contributed by atoms with Crippen molar-refractivity contribution in [2.24, 2.45) is 0 Å². The molecule has 1 nitrogen and oxygen atoms in total. The van der Waals surface area contributed by atoms with Crippen molar-refractivity contribution in [1.82, 2.24) is 0 Å². The molecule has 0 aliphatic rings. The van der Waals surface area contributed by atoms with Crippen molar-refractivity contribution in [2.75, 3.05) is 12.4 Å². The maximum absolute atomic E-state index is 5.63. The van der Waals surface area contributed by atoms with Crippen molar-refractivity contribution >= 4 is 18.7 Å². The van der Waals surface area contributed by atoms with E-state index >= 15 is 0 Å². The van der Waals surface area contributed by atoms with Gasteiger partial charge in [0.15, 0.2) is 0 Å². The minimum atomic E-state index is 0.773. The van der Waals surface area contributed by atoms with E-state index in [9.17, 15) is 0 Å². The Balaban J connectivity index is 2.36. The lowest BCUT2D eigenvalue weighted by Crippen LogP contribution is -1.96. The summed E-state index contributed by atoms with van der Waals surface area (Å²) >= 11 is 4.13. The summed E-state index contributed by atoms with van der Waals surface area (Å²) in [5, 5.41) is 0. The van der Waals surface area contributed by atoms with Crippen LogP contribution in [-0.2, 0) is 0 Å². The quantitative estimate of drug-likeness (QED) is 0.551. The minimum Gasteiger partial charge on any atom is -0.494 e. The van der Waals surface area contributed by atoms with Crippen molar-refractivity contribution in [3.8, 4) is 5.75 Å². The van der Waals surface area contributed by atoms with Crippen LogP contribution in [0.2, 0.25) is 0 Å². The molecular weight excluding hydrogens is 216 g/mol. The third-order valence-corrected chi connectivity index (χ3v) is 2.52. The first-order valence-electron chi connectivity index (χ1n) is 5.87. The van der Waals surface area contributed by atoms with Crippen LogP contribution >= 0.6 is 12.6 Å². The monoisotopic (exact) mass is 236 g/mol. The van der Waals surface area contributed by atoms with Gasteiger partial charge < -0.3 is 4.74 Å². The zero-order chi connectivity index (χ0) is 11.6. The lowest BCUT2D eigenvalue weighted by atomic mass is 10.2. The molecule has 0 aromatic heterocycles. The van der Waals surface area contributed by atoms with E-state index in [1.165, 1.54) is 18.4 Å².